The topological polar surface area (TPSA) is 44.0 Å². The second-order valence-electron chi connectivity index (χ2n) is 4.32. The largest absolute Gasteiger partial charge is 0.396 e. The Hall–Kier alpha value is -1.70. The summed E-state index contributed by atoms with van der Waals surface area (Å²) in [6.45, 7) is -0.0207. The maximum Gasteiger partial charge on any atom is 0.176 e. The molecule has 98 valence electrons. The number of thiophene rings is 1. The number of rotatable bonds is 5. The van der Waals surface area contributed by atoms with Gasteiger partial charge in [-0.05, 0) is 29.0 Å². The van der Waals surface area contributed by atoms with Crippen molar-refractivity contribution in [3.8, 4) is 6.07 Å². The van der Waals surface area contributed by atoms with Crippen LogP contribution in [0.15, 0.2) is 41.8 Å². The normalized spacial score (nSPS) is 13.7. The fraction of sp³-hybridized carbons (Fsp3) is 0.267. The predicted molar refractivity (Wildman–Crippen MR) is 73.5 cm³/mol. The third kappa shape index (κ3) is 3.19. The van der Waals surface area contributed by atoms with Crippen LogP contribution in [0.4, 0.5) is 4.39 Å². The second-order valence-corrected chi connectivity index (χ2v) is 5.18. The summed E-state index contributed by atoms with van der Waals surface area (Å²) in [4.78, 5) is 0. The molecule has 1 heterocycles. The SMILES string of the molecule is N#C[C@@H](c1ccccc1)[C@H](CCO)c1csc(F)c1. The summed E-state index contributed by atoms with van der Waals surface area (Å²) in [5, 5.41) is 20.1. The molecule has 0 saturated carbocycles. The van der Waals surface area contributed by atoms with Gasteiger partial charge in [0.2, 0.25) is 0 Å². The zero-order valence-electron chi connectivity index (χ0n) is 10.3. The van der Waals surface area contributed by atoms with Crippen molar-refractivity contribution in [2.24, 2.45) is 0 Å². The second kappa shape index (κ2) is 6.46. The average Bonchev–Trinajstić information content (AvgIpc) is 2.86. The molecule has 0 aliphatic heterocycles. The number of nitrogens with zero attached hydrogens (tertiary/aromatic N) is 1. The van der Waals surface area contributed by atoms with Crippen LogP contribution in [0.5, 0.6) is 0 Å². The van der Waals surface area contributed by atoms with Gasteiger partial charge in [-0.15, -0.1) is 11.3 Å². The van der Waals surface area contributed by atoms with Crippen molar-refractivity contribution >= 4 is 11.3 Å². The van der Waals surface area contributed by atoms with Gasteiger partial charge in [0.25, 0.3) is 0 Å². The molecule has 0 spiro atoms. The first-order valence-corrected chi connectivity index (χ1v) is 6.93. The van der Waals surface area contributed by atoms with Crippen LogP contribution in [0.25, 0.3) is 0 Å². The molecule has 2 atom stereocenters. The smallest absolute Gasteiger partial charge is 0.176 e. The van der Waals surface area contributed by atoms with E-state index >= 15 is 0 Å². The lowest BCUT2D eigenvalue weighted by molar-refractivity contribution is 0.272. The van der Waals surface area contributed by atoms with E-state index in [9.17, 15) is 14.8 Å². The summed E-state index contributed by atoms with van der Waals surface area (Å²) in [5.41, 5.74) is 1.68. The highest BCUT2D eigenvalue weighted by atomic mass is 32.1. The Balaban J connectivity index is 2.34. The molecule has 0 aliphatic rings. The molecule has 1 aromatic carbocycles. The third-order valence-electron chi connectivity index (χ3n) is 3.16. The highest BCUT2D eigenvalue weighted by molar-refractivity contribution is 7.08. The lowest BCUT2D eigenvalue weighted by atomic mass is 9.81. The molecule has 2 nitrogen and oxygen atoms in total. The van der Waals surface area contributed by atoms with E-state index in [1.807, 2.05) is 30.3 Å². The van der Waals surface area contributed by atoms with Crippen molar-refractivity contribution in [2.45, 2.75) is 18.3 Å². The van der Waals surface area contributed by atoms with Gasteiger partial charge in [-0.2, -0.15) is 9.65 Å². The molecule has 2 aromatic rings. The molecule has 0 amide bonds. The molecule has 1 N–H and O–H groups in total. The van der Waals surface area contributed by atoms with Crippen molar-refractivity contribution in [1.82, 2.24) is 0 Å². The highest BCUT2D eigenvalue weighted by Gasteiger charge is 2.25. The van der Waals surface area contributed by atoms with Gasteiger partial charge in [0.1, 0.15) is 0 Å². The Morgan fingerprint density at radius 2 is 2.00 bits per heavy atom. The first kappa shape index (κ1) is 13.7. The van der Waals surface area contributed by atoms with E-state index < -0.39 is 0 Å². The Morgan fingerprint density at radius 3 is 2.53 bits per heavy atom. The number of nitriles is 1. The van der Waals surface area contributed by atoms with Crippen molar-refractivity contribution in [1.29, 1.82) is 5.26 Å². The predicted octanol–water partition coefficient (Wildman–Crippen LogP) is 3.66. The molecule has 1 aromatic heterocycles. The minimum absolute atomic E-state index is 0.0207. The van der Waals surface area contributed by atoms with Crippen LogP contribution >= 0.6 is 11.3 Å². The van der Waals surface area contributed by atoms with Gasteiger partial charge in [-0.1, -0.05) is 30.3 Å². The van der Waals surface area contributed by atoms with E-state index in [1.54, 1.807) is 5.38 Å². The van der Waals surface area contributed by atoms with Crippen LogP contribution in [0.3, 0.4) is 0 Å². The molecule has 0 unspecified atom stereocenters. The van der Waals surface area contributed by atoms with E-state index in [2.05, 4.69) is 6.07 Å². The van der Waals surface area contributed by atoms with Crippen LogP contribution in [-0.4, -0.2) is 11.7 Å². The maximum atomic E-state index is 13.2. The Morgan fingerprint density at radius 1 is 1.26 bits per heavy atom. The van der Waals surface area contributed by atoms with Crippen LogP contribution < -0.4 is 0 Å². The van der Waals surface area contributed by atoms with E-state index in [0.29, 0.717) is 6.42 Å². The molecule has 2 rings (SSSR count). The van der Waals surface area contributed by atoms with Gasteiger partial charge in [0, 0.05) is 12.5 Å². The minimum Gasteiger partial charge on any atom is -0.396 e. The monoisotopic (exact) mass is 275 g/mol. The number of hydrogen-bond acceptors (Lipinski definition) is 3. The third-order valence-corrected chi connectivity index (χ3v) is 3.89. The maximum absolute atomic E-state index is 13.2. The fourth-order valence-corrected chi connectivity index (χ4v) is 2.94. The van der Waals surface area contributed by atoms with Gasteiger partial charge in [0.05, 0.1) is 12.0 Å². The molecule has 0 saturated heterocycles. The van der Waals surface area contributed by atoms with Crippen LogP contribution in [-0.2, 0) is 0 Å². The zero-order valence-corrected chi connectivity index (χ0v) is 11.1. The van der Waals surface area contributed by atoms with E-state index in [1.165, 1.54) is 6.07 Å². The van der Waals surface area contributed by atoms with Crippen LogP contribution in [0.2, 0.25) is 0 Å². The van der Waals surface area contributed by atoms with Crippen LogP contribution in [0, 0.1) is 16.5 Å². The van der Waals surface area contributed by atoms with Gasteiger partial charge < -0.3 is 5.11 Å². The summed E-state index contributed by atoms with van der Waals surface area (Å²) in [5.74, 6) is -0.555. The first-order valence-electron chi connectivity index (χ1n) is 6.05. The number of aliphatic hydroxyl groups excluding tert-OH is 1. The van der Waals surface area contributed by atoms with E-state index in [4.69, 9.17) is 0 Å². The molecular formula is C15H14FNOS. The van der Waals surface area contributed by atoms with Gasteiger partial charge >= 0.3 is 0 Å². The van der Waals surface area contributed by atoms with Crippen molar-refractivity contribution < 1.29 is 9.50 Å². The summed E-state index contributed by atoms with van der Waals surface area (Å²) in [6.07, 6.45) is 0.448. The first-order chi connectivity index (χ1) is 9.26. The zero-order chi connectivity index (χ0) is 13.7. The Labute approximate surface area is 115 Å². The van der Waals surface area contributed by atoms with Crippen molar-refractivity contribution in [3.63, 3.8) is 0 Å². The molecule has 4 heteroatoms. The number of benzene rings is 1. The van der Waals surface area contributed by atoms with E-state index in [-0.39, 0.29) is 23.6 Å². The standard InChI is InChI=1S/C15H14FNOS/c16-15-8-12(10-19-15)13(6-7-18)14(9-17)11-4-2-1-3-5-11/h1-5,8,10,13-14,18H,6-7H2/t13-,14+/m1/s1. The van der Waals surface area contributed by atoms with Gasteiger partial charge in [-0.3, -0.25) is 0 Å². The molecular weight excluding hydrogens is 261 g/mol. The van der Waals surface area contributed by atoms with Crippen molar-refractivity contribution in [3.05, 3.63) is 58.0 Å². The van der Waals surface area contributed by atoms with Crippen LogP contribution in [0.1, 0.15) is 29.4 Å². The van der Waals surface area contributed by atoms with Crippen molar-refractivity contribution in [2.75, 3.05) is 6.61 Å². The lowest BCUT2D eigenvalue weighted by Gasteiger charge is -2.20. The summed E-state index contributed by atoms with van der Waals surface area (Å²) in [7, 11) is 0. The van der Waals surface area contributed by atoms with Gasteiger partial charge in [-0.25, -0.2) is 0 Å². The quantitative estimate of drug-likeness (QED) is 0.905. The number of aliphatic hydroxyl groups is 1. The summed E-state index contributed by atoms with van der Waals surface area (Å²) < 4.78 is 13.2. The molecule has 0 radical (unpaired) electrons. The Kier molecular flexibility index (Phi) is 4.67. The number of hydrogen-bond donors (Lipinski definition) is 1. The minimum atomic E-state index is -0.373. The fourth-order valence-electron chi connectivity index (χ4n) is 2.24. The molecule has 0 aliphatic carbocycles. The number of halogens is 1. The molecule has 19 heavy (non-hydrogen) atoms. The lowest BCUT2D eigenvalue weighted by Crippen LogP contribution is -2.11. The Bertz CT molecular complexity index is 561. The highest BCUT2D eigenvalue weighted by Crippen LogP contribution is 2.36. The average molecular weight is 275 g/mol. The molecule has 0 fully saturated rings. The summed E-state index contributed by atoms with van der Waals surface area (Å²) in [6, 6.07) is 13.2. The summed E-state index contributed by atoms with van der Waals surface area (Å²) >= 11 is 1.02. The van der Waals surface area contributed by atoms with E-state index in [0.717, 1.165) is 22.5 Å². The molecule has 0 bridgehead atoms. The van der Waals surface area contributed by atoms with Gasteiger partial charge in [0.15, 0.2) is 5.13 Å².